The third-order valence-corrected chi connectivity index (χ3v) is 6.76. The first-order valence-corrected chi connectivity index (χ1v) is 13.1. The van der Waals surface area contributed by atoms with E-state index >= 15 is 0 Å². The summed E-state index contributed by atoms with van der Waals surface area (Å²) in [5.74, 6) is 2.24. The molecule has 3 aromatic carbocycles. The standard InChI is InChI=1S/C28H28N4.C4H10/c1-19(2)24-12-8-9-13-25(24)22-15-14-20(3)26(18-22)32-21(4)31(23-10-6-5-7-11-23)27-28(32)30-17-16-29-27;1-3-4-2/h5-19,21H,1-4H3;3-4H2,1-2H3. The summed E-state index contributed by atoms with van der Waals surface area (Å²) in [6.45, 7) is 13.2. The van der Waals surface area contributed by atoms with Crippen LogP contribution in [-0.2, 0) is 0 Å². The van der Waals surface area contributed by atoms with Crippen LogP contribution < -0.4 is 9.80 Å². The molecule has 1 aliphatic heterocycles. The Balaban J connectivity index is 0.000000709. The van der Waals surface area contributed by atoms with Gasteiger partial charge in [-0.05, 0) is 60.2 Å². The lowest BCUT2D eigenvalue weighted by Gasteiger charge is -2.30. The van der Waals surface area contributed by atoms with E-state index in [1.54, 1.807) is 12.4 Å². The van der Waals surface area contributed by atoms with Gasteiger partial charge in [-0.3, -0.25) is 0 Å². The zero-order chi connectivity index (χ0) is 25.7. The van der Waals surface area contributed by atoms with E-state index in [1.807, 2.05) is 6.07 Å². The molecule has 5 rings (SSSR count). The average molecular weight is 479 g/mol. The highest BCUT2D eigenvalue weighted by molar-refractivity contribution is 5.85. The number of benzene rings is 3. The first-order chi connectivity index (χ1) is 17.5. The quantitative estimate of drug-likeness (QED) is 0.286. The highest BCUT2D eigenvalue weighted by Gasteiger charge is 2.37. The van der Waals surface area contributed by atoms with E-state index in [9.17, 15) is 0 Å². The summed E-state index contributed by atoms with van der Waals surface area (Å²) in [5, 5.41) is 0. The van der Waals surface area contributed by atoms with Crippen molar-refractivity contribution in [2.45, 2.75) is 66.5 Å². The predicted molar refractivity (Wildman–Crippen MR) is 153 cm³/mol. The van der Waals surface area contributed by atoms with Crippen molar-refractivity contribution in [3.05, 3.63) is 96.3 Å². The predicted octanol–water partition coefficient (Wildman–Crippen LogP) is 9.02. The van der Waals surface area contributed by atoms with E-state index in [2.05, 4.69) is 118 Å². The Morgan fingerprint density at radius 3 is 2.03 bits per heavy atom. The second-order valence-electron chi connectivity index (χ2n) is 9.65. The summed E-state index contributed by atoms with van der Waals surface area (Å²) in [6, 6.07) is 25.9. The van der Waals surface area contributed by atoms with Gasteiger partial charge in [-0.15, -0.1) is 0 Å². The molecule has 0 N–H and O–H groups in total. The van der Waals surface area contributed by atoms with Crippen LogP contribution in [0.4, 0.5) is 23.0 Å². The van der Waals surface area contributed by atoms with Gasteiger partial charge in [0.2, 0.25) is 0 Å². The maximum Gasteiger partial charge on any atom is 0.178 e. The summed E-state index contributed by atoms with van der Waals surface area (Å²) < 4.78 is 0. The zero-order valence-corrected chi connectivity index (χ0v) is 22.4. The van der Waals surface area contributed by atoms with Gasteiger partial charge in [0.15, 0.2) is 11.6 Å². The Morgan fingerprint density at radius 2 is 1.39 bits per heavy atom. The van der Waals surface area contributed by atoms with Crippen LogP contribution in [0.25, 0.3) is 11.1 Å². The smallest absolute Gasteiger partial charge is 0.178 e. The van der Waals surface area contributed by atoms with Gasteiger partial charge >= 0.3 is 0 Å². The van der Waals surface area contributed by atoms with Crippen molar-refractivity contribution >= 4 is 23.0 Å². The molecule has 186 valence electrons. The average Bonchev–Trinajstić information content (AvgIpc) is 3.21. The second-order valence-corrected chi connectivity index (χ2v) is 9.65. The minimum Gasteiger partial charge on any atom is -0.302 e. The van der Waals surface area contributed by atoms with E-state index in [1.165, 1.54) is 35.1 Å². The topological polar surface area (TPSA) is 32.3 Å². The minimum atomic E-state index is 0.0455. The normalized spacial score (nSPS) is 14.5. The summed E-state index contributed by atoms with van der Waals surface area (Å²) in [4.78, 5) is 14.0. The molecule has 0 saturated carbocycles. The number of aromatic nitrogens is 2. The van der Waals surface area contributed by atoms with Gasteiger partial charge in [-0.25, -0.2) is 9.97 Å². The monoisotopic (exact) mass is 478 g/mol. The molecule has 1 atom stereocenters. The highest BCUT2D eigenvalue weighted by atomic mass is 15.5. The molecule has 1 aliphatic rings. The summed E-state index contributed by atoms with van der Waals surface area (Å²) >= 11 is 0. The molecule has 0 amide bonds. The van der Waals surface area contributed by atoms with E-state index in [0.29, 0.717) is 5.92 Å². The molecule has 2 heterocycles. The van der Waals surface area contributed by atoms with Gasteiger partial charge in [-0.2, -0.15) is 0 Å². The summed E-state index contributed by atoms with van der Waals surface area (Å²) in [7, 11) is 0. The molecular formula is C32H38N4. The van der Waals surface area contributed by atoms with Crippen molar-refractivity contribution in [2.24, 2.45) is 0 Å². The first-order valence-electron chi connectivity index (χ1n) is 13.1. The van der Waals surface area contributed by atoms with Crippen LogP contribution in [0.2, 0.25) is 0 Å². The number of anilines is 4. The fourth-order valence-electron chi connectivity index (χ4n) is 4.67. The van der Waals surface area contributed by atoms with Gasteiger partial charge in [0.05, 0.1) is 0 Å². The molecule has 0 radical (unpaired) electrons. The molecule has 0 spiro atoms. The van der Waals surface area contributed by atoms with Gasteiger partial charge in [0.25, 0.3) is 0 Å². The number of nitrogens with zero attached hydrogens (tertiary/aromatic N) is 4. The van der Waals surface area contributed by atoms with Crippen LogP contribution in [0.1, 0.15) is 64.5 Å². The number of unbranched alkanes of at least 4 members (excludes halogenated alkanes) is 1. The van der Waals surface area contributed by atoms with Crippen molar-refractivity contribution in [2.75, 3.05) is 9.80 Å². The Bertz CT molecular complexity index is 1280. The molecular weight excluding hydrogens is 440 g/mol. The fraction of sp³-hybridized carbons (Fsp3) is 0.312. The van der Waals surface area contributed by atoms with Crippen LogP contribution >= 0.6 is 0 Å². The first kappa shape index (κ1) is 25.4. The molecule has 0 fully saturated rings. The largest absolute Gasteiger partial charge is 0.302 e. The number of fused-ring (bicyclic) bond motifs is 1. The van der Waals surface area contributed by atoms with E-state index in [-0.39, 0.29) is 6.17 Å². The van der Waals surface area contributed by atoms with Crippen molar-refractivity contribution in [1.82, 2.24) is 9.97 Å². The molecule has 1 aromatic heterocycles. The Labute approximate surface area is 216 Å². The Morgan fingerprint density at radius 1 is 0.778 bits per heavy atom. The maximum atomic E-state index is 4.75. The lowest BCUT2D eigenvalue weighted by molar-refractivity contribution is 0.752. The number of hydrogen-bond acceptors (Lipinski definition) is 4. The molecule has 4 heteroatoms. The Kier molecular flexibility index (Phi) is 8.04. The Hall–Kier alpha value is -3.66. The highest BCUT2D eigenvalue weighted by Crippen LogP contribution is 2.46. The SMILES string of the molecule is CCCC.Cc1ccc(-c2ccccc2C(C)C)cc1N1c2nccnc2N(c2ccccc2)C1C. The van der Waals surface area contributed by atoms with Gasteiger partial charge < -0.3 is 9.80 Å². The molecule has 0 aliphatic carbocycles. The lowest BCUT2D eigenvalue weighted by Crippen LogP contribution is -2.36. The van der Waals surface area contributed by atoms with Gasteiger partial charge in [0.1, 0.15) is 6.17 Å². The van der Waals surface area contributed by atoms with Crippen molar-refractivity contribution in [3.63, 3.8) is 0 Å². The van der Waals surface area contributed by atoms with Crippen molar-refractivity contribution in [1.29, 1.82) is 0 Å². The van der Waals surface area contributed by atoms with Crippen LogP contribution in [-0.4, -0.2) is 16.1 Å². The summed E-state index contributed by atoms with van der Waals surface area (Å²) in [5.41, 5.74) is 7.37. The van der Waals surface area contributed by atoms with Crippen LogP contribution in [0.3, 0.4) is 0 Å². The van der Waals surface area contributed by atoms with Crippen LogP contribution in [0, 0.1) is 6.92 Å². The van der Waals surface area contributed by atoms with Crippen molar-refractivity contribution in [3.8, 4) is 11.1 Å². The maximum absolute atomic E-state index is 4.75. The van der Waals surface area contributed by atoms with Crippen LogP contribution in [0.15, 0.2) is 85.2 Å². The number of hydrogen-bond donors (Lipinski definition) is 0. The molecule has 36 heavy (non-hydrogen) atoms. The molecule has 0 saturated heterocycles. The van der Waals surface area contributed by atoms with Crippen molar-refractivity contribution < 1.29 is 0 Å². The fourth-order valence-corrected chi connectivity index (χ4v) is 4.67. The molecule has 0 bridgehead atoms. The summed E-state index contributed by atoms with van der Waals surface area (Å²) in [6.07, 6.45) is 6.23. The zero-order valence-electron chi connectivity index (χ0n) is 22.4. The molecule has 4 aromatic rings. The van der Waals surface area contributed by atoms with Crippen LogP contribution in [0.5, 0.6) is 0 Å². The third kappa shape index (κ3) is 4.99. The molecule has 1 unspecified atom stereocenters. The number of para-hydroxylation sites is 1. The third-order valence-electron chi connectivity index (χ3n) is 6.76. The second kappa shape index (κ2) is 11.4. The minimum absolute atomic E-state index is 0.0455. The van der Waals surface area contributed by atoms with E-state index in [4.69, 9.17) is 9.97 Å². The van der Waals surface area contributed by atoms with E-state index in [0.717, 1.165) is 23.0 Å². The molecule has 4 nitrogen and oxygen atoms in total. The lowest BCUT2D eigenvalue weighted by atomic mass is 9.92. The number of aryl methyl sites for hydroxylation is 1. The van der Waals surface area contributed by atoms with E-state index < -0.39 is 0 Å². The van der Waals surface area contributed by atoms with Gasteiger partial charge in [0, 0.05) is 23.8 Å². The number of rotatable bonds is 5. The van der Waals surface area contributed by atoms with Gasteiger partial charge in [-0.1, -0.05) is 95.1 Å².